The fraction of sp³-hybridized carbons (Fsp3) is 0.545. The van der Waals surface area contributed by atoms with Crippen molar-refractivity contribution in [1.29, 1.82) is 0 Å². The zero-order valence-corrected chi connectivity index (χ0v) is 10.5. The third kappa shape index (κ3) is 3.54. The molecule has 1 saturated heterocycles. The lowest BCUT2D eigenvalue weighted by Gasteiger charge is -2.22. The van der Waals surface area contributed by atoms with Gasteiger partial charge in [-0.05, 0) is 18.8 Å². The Labute approximate surface area is 109 Å². The molecule has 0 saturated carbocycles. The van der Waals surface area contributed by atoms with E-state index in [2.05, 4.69) is 10.3 Å². The van der Waals surface area contributed by atoms with Crippen LogP contribution in [0.1, 0.15) is 12.8 Å². The highest BCUT2D eigenvalue weighted by Crippen LogP contribution is 2.21. The van der Waals surface area contributed by atoms with Crippen LogP contribution in [0, 0.1) is 16.0 Å². The fourth-order valence-corrected chi connectivity index (χ4v) is 2.08. The van der Waals surface area contributed by atoms with Crippen LogP contribution in [0.25, 0.3) is 0 Å². The SMILES string of the molecule is O=[N+]([O-])c1cc(Cl)nc(NCC2CCOCC2)c1. The predicted molar refractivity (Wildman–Crippen MR) is 67.9 cm³/mol. The molecular formula is C11H14ClN3O3. The molecule has 7 heteroatoms. The number of pyridine rings is 1. The van der Waals surface area contributed by atoms with Gasteiger partial charge in [0.05, 0.1) is 17.1 Å². The van der Waals surface area contributed by atoms with Crippen molar-refractivity contribution in [2.75, 3.05) is 25.1 Å². The molecule has 1 aliphatic rings. The topological polar surface area (TPSA) is 77.3 Å². The second kappa shape index (κ2) is 5.97. The van der Waals surface area contributed by atoms with Gasteiger partial charge in [-0.1, -0.05) is 11.6 Å². The van der Waals surface area contributed by atoms with E-state index >= 15 is 0 Å². The Morgan fingerprint density at radius 2 is 2.22 bits per heavy atom. The molecule has 0 bridgehead atoms. The van der Waals surface area contributed by atoms with Crippen molar-refractivity contribution in [3.05, 3.63) is 27.4 Å². The lowest BCUT2D eigenvalue weighted by Crippen LogP contribution is -2.22. The number of nitrogens with zero attached hydrogens (tertiary/aromatic N) is 2. The molecule has 1 aliphatic heterocycles. The van der Waals surface area contributed by atoms with E-state index in [-0.39, 0.29) is 10.8 Å². The molecule has 0 unspecified atom stereocenters. The van der Waals surface area contributed by atoms with Crippen molar-refractivity contribution >= 4 is 23.1 Å². The van der Waals surface area contributed by atoms with Crippen LogP contribution in [0.15, 0.2) is 12.1 Å². The van der Waals surface area contributed by atoms with E-state index in [0.717, 1.165) is 32.6 Å². The minimum absolute atomic E-state index is 0.0514. The molecule has 0 atom stereocenters. The number of aromatic nitrogens is 1. The summed E-state index contributed by atoms with van der Waals surface area (Å²) in [6.45, 7) is 2.28. The summed E-state index contributed by atoms with van der Waals surface area (Å²) in [6, 6.07) is 2.63. The number of nitro groups is 1. The van der Waals surface area contributed by atoms with Crippen molar-refractivity contribution in [2.45, 2.75) is 12.8 Å². The first-order chi connectivity index (χ1) is 8.65. The summed E-state index contributed by atoms with van der Waals surface area (Å²) in [6.07, 6.45) is 1.99. The minimum atomic E-state index is -0.479. The van der Waals surface area contributed by atoms with Crippen LogP contribution < -0.4 is 5.32 Å². The van der Waals surface area contributed by atoms with Crippen LogP contribution in [0.3, 0.4) is 0 Å². The largest absolute Gasteiger partial charge is 0.381 e. The summed E-state index contributed by atoms with van der Waals surface area (Å²) >= 11 is 5.74. The van der Waals surface area contributed by atoms with E-state index in [1.54, 1.807) is 0 Å². The summed E-state index contributed by atoms with van der Waals surface area (Å²) in [5.74, 6) is 0.958. The normalized spacial score (nSPS) is 16.5. The molecule has 0 radical (unpaired) electrons. The molecule has 1 aromatic rings. The molecular weight excluding hydrogens is 258 g/mol. The van der Waals surface area contributed by atoms with Gasteiger partial charge in [-0.3, -0.25) is 10.1 Å². The number of hydrogen-bond acceptors (Lipinski definition) is 5. The smallest absolute Gasteiger partial charge is 0.276 e. The summed E-state index contributed by atoms with van der Waals surface area (Å²) in [4.78, 5) is 14.2. The van der Waals surface area contributed by atoms with Crippen molar-refractivity contribution in [1.82, 2.24) is 4.98 Å². The number of anilines is 1. The lowest BCUT2D eigenvalue weighted by atomic mass is 10.0. The number of halogens is 1. The van der Waals surface area contributed by atoms with Crippen molar-refractivity contribution in [2.24, 2.45) is 5.92 Å². The van der Waals surface area contributed by atoms with Crippen LogP contribution in [-0.4, -0.2) is 29.7 Å². The van der Waals surface area contributed by atoms with E-state index in [9.17, 15) is 10.1 Å². The van der Waals surface area contributed by atoms with E-state index in [1.807, 2.05) is 0 Å². The predicted octanol–water partition coefficient (Wildman–Crippen LogP) is 2.48. The van der Waals surface area contributed by atoms with Crippen molar-refractivity contribution in [3.63, 3.8) is 0 Å². The zero-order valence-electron chi connectivity index (χ0n) is 9.76. The van der Waals surface area contributed by atoms with Gasteiger partial charge in [-0.2, -0.15) is 0 Å². The van der Waals surface area contributed by atoms with Crippen molar-refractivity contribution in [3.8, 4) is 0 Å². The first kappa shape index (κ1) is 13.0. The molecule has 1 aromatic heterocycles. The summed E-state index contributed by atoms with van der Waals surface area (Å²) in [7, 11) is 0. The third-order valence-electron chi connectivity index (χ3n) is 2.90. The molecule has 2 heterocycles. The monoisotopic (exact) mass is 271 g/mol. The summed E-state index contributed by atoms with van der Waals surface area (Å²) in [5.41, 5.74) is -0.0514. The number of ether oxygens (including phenoxy) is 1. The molecule has 6 nitrogen and oxygen atoms in total. The quantitative estimate of drug-likeness (QED) is 0.517. The van der Waals surface area contributed by atoms with Crippen LogP contribution in [-0.2, 0) is 4.74 Å². The second-order valence-electron chi connectivity index (χ2n) is 4.23. The van der Waals surface area contributed by atoms with Crippen LogP contribution in [0.5, 0.6) is 0 Å². The molecule has 0 aliphatic carbocycles. The highest BCUT2D eigenvalue weighted by molar-refractivity contribution is 6.29. The molecule has 2 rings (SSSR count). The summed E-state index contributed by atoms with van der Waals surface area (Å²) in [5, 5.41) is 13.9. The standard InChI is InChI=1S/C11H14ClN3O3/c12-10-5-9(15(16)17)6-11(14-10)13-7-8-1-3-18-4-2-8/h5-6,8H,1-4,7H2,(H,13,14). The van der Waals surface area contributed by atoms with Gasteiger partial charge in [-0.25, -0.2) is 4.98 Å². The average molecular weight is 272 g/mol. The molecule has 1 N–H and O–H groups in total. The Balaban J connectivity index is 1.97. The van der Waals surface area contributed by atoms with Gasteiger partial charge in [0.1, 0.15) is 11.0 Å². The molecule has 1 fully saturated rings. The van der Waals surface area contributed by atoms with Gasteiger partial charge in [-0.15, -0.1) is 0 Å². The Hall–Kier alpha value is -1.40. The Morgan fingerprint density at radius 1 is 1.50 bits per heavy atom. The molecule has 0 amide bonds. The van der Waals surface area contributed by atoms with E-state index in [1.165, 1.54) is 12.1 Å². The van der Waals surface area contributed by atoms with Gasteiger partial charge in [0.2, 0.25) is 0 Å². The van der Waals surface area contributed by atoms with E-state index in [4.69, 9.17) is 16.3 Å². The van der Waals surface area contributed by atoms with Gasteiger partial charge in [0.25, 0.3) is 5.69 Å². The van der Waals surface area contributed by atoms with Gasteiger partial charge >= 0.3 is 0 Å². The highest BCUT2D eigenvalue weighted by atomic mass is 35.5. The fourth-order valence-electron chi connectivity index (χ4n) is 1.88. The minimum Gasteiger partial charge on any atom is -0.381 e. The molecule has 18 heavy (non-hydrogen) atoms. The second-order valence-corrected chi connectivity index (χ2v) is 4.61. The Morgan fingerprint density at radius 3 is 2.89 bits per heavy atom. The van der Waals surface area contributed by atoms with Gasteiger partial charge < -0.3 is 10.1 Å². The summed E-state index contributed by atoms with van der Waals surface area (Å²) < 4.78 is 5.27. The molecule has 0 aromatic carbocycles. The highest BCUT2D eigenvalue weighted by Gasteiger charge is 2.15. The van der Waals surface area contributed by atoms with E-state index < -0.39 is 4.92 Å². The van der Waals surface area contributed by atoms with Gasteiger partial charge in [0.15, 0.2) is 0 Å². The van der Waals surface area contributed by atoms with Crippen LogP contribution in [0.2, 0.25) is 5.15 Å². The Bertz CT molecular complexity index is 436. The Kier molecular flexibility index (Phi) is 4.33. The number of rotatable bonds is 4. The van der Waals surface area contributed by atoms with Gasteiger partial charge in [0, 0.05) is 19.8 Å². The maximum atomic E-state index is 10.7. The first-order valence-corrected chi connectivity index (χ1v) is 6.16. The van der Waals surface area contributed by atoms with Crippen LogP contribution >= 0.6 is 11.6 Å². The first-order valence-electron chi connectivity index (χ1n) is 5.79. The lowest BCUT2D eigenvalue weighted by molar-refractivity contribution is -0.384. The number of hydrogen-bond donors (Lipinski definition) is 1. The van der Waals surface area contributed by atoms with E-state index in [0.29, 0.717) is 11.7 Å². The zero-order chi connectivity index (χ0) is 13.0. The third-order valence-corrected chi connectivity index (χ3v) is 3.10. The molecule has 0 spiro atoms. The maximum Gasteiger partial charge on any atom is 0.276 e. The average Bonchev–Trinajstić information content (AvgIpc) is 2.37. The van der Waals surface area contributed by atoms with Crippen molar-refractivity contribution < 1.29 is 9.66 Å². The maximum absolute atomic E-state index is 10.7. The molecule has 98 valence electrons. The number of nitrogens with one attached hydrogen (secondary N) is 1. The van der Waals surface area contributed by atoms with Crippen LogP contribution in [0.4, 0.5) is 11.5 Å².